The largest absolute Gasteiger partial charge is 0.416 e. The van der Waals surface area contributed by atoms with Crippen molar-refractivity contribution in [2.75, 3.05) is 6.61 Å². The third-order valence-corrected chi connectivity index (χ3v) is 4.43. The minimum absolute atomic E-state index is 0.0759. The summed E-state index contributed by atoms with van der Waals surface area (Å²) in [5.74, 6) is 0. The Balaban J connectivity index is 2.13. The summed E-state index contributed by atoms with van der Waals surface area (Å²) in [5, 5.41) is 0. The number of rotatable bonds is 5. The van der Waals surface area contributed by atoms with Gasteiger partial charge in [0.25, 0.3) is 0 Å². The second-order valence-electron chi connectivity index (χ2n) is 6.53. The van der Waals surface area contributed by atoms with Gasteiger partial charge in [-0.3, -0.25) is 4.79 Å². The zero-order valence-electron chi connectivity index (χ0n) is 15.9. The molecule has 2 rings (SSSR count). The molecule has 0 radical (unpaired) electrons. The average Bonchev–Trinajstić information content (AvgIpc) is 2.60. The molecule has 0 saturated carbocycles. The SMILES string of the molecule is Cc1[nH]c(C)c(/C=C/COCc2ccc(C(F)(F)F)cc2C(F)(F)F)c(=O)c1C. The molecule has 1 heterocycles. The topological polar surface area (TPSA) is 42.1 Å². The van der Waals surface area contributed by atoms with Crippen LogP contribution in [0, 0.1) is 20.8 Å². The van der Waals surface area contributed by atoms with Crippen molar-refractivity contribution in [2.45, 2.75) is 39.7 Å². The van der Waals surface area contributed by atoms with Gasteiger partial charge in [-0.1, -0.05) is 18.2 Å². The number of ether oxygens (including phenoxy) is 1. The van der Waals surface area contributed by atoms with Gasteiger partial charge in [0.05, 0.1) is 24.3 Å². The van der Waals surface area contributed by atoms with Crippen molar-refractivity contribution in [3.8, 4) is 0 Å². The molecular weight excluding hydrogens is 400 g/mol. The predicted octanol–water partition coefficient (Wildman–Crippen LogP) is 5.57. The molecule has 158 valence electrons. The predicted molar refractivity (Wildman–Crippen MR) is 96.4 cm³/mol. The fourth-order valence-electron chi connectivity index (χ4n) is 2.73. The van der Waals surface area contributed by atoms with Crippen LogP contribution in [0.5, 0.6) is 0 Å². The van der Waals surface area contributed by atoms with E-state index in [1.165, 1.54) is 12.2 Å². The highest BCUT2D eigenvalue weighted by Gasteiger charge is 2.38. The van der Waals surface area contributed by atoms with E-state index in [-0.39, 0.29) is 18.1 Å². The number of halogens is 6. The van der Waals surface area contributed by atoms with Crippen molar-refractivity contribution in [1.29, 1.82) is 0 Å². The standard InChI is InChI=1S/C20H19F6NO2/c1-11-12(2)27-13(3)16(18(11)28)5-4-8-29-10-14-6-7-15(19(21,22)23)9-17(14)20(24,25)26/h4-7,9H,8,10H2,1-3H3,(H,27,28)/b5-4+. The number of H-pyrrole nitrogens is 1. The number of alkyl halides is 6. The Morgan fingerprint density at radius 1 is 1.00 bits per heavy atom. The number of hydrogen-bond acceptors (Lipinski definition) is 2. The van der Waals surface area contributed by atoms with Gasteiger partial charge in [0.15, 0.2) is 5.43 Å². The number of nitrogens with one attached hydrogen (secondary N) is 1. The molecule has 0 atom stereocenters. The van der Waals surface area contributed by atoms with E-state index in [9.17, 15) is 31.1 Å². The number of pyridine rings is 1. The number of hydrogen-bond donors (Lipinski definition) is 1. The number of aryl methyl sites for hydroxylation is 2. The van der Waals surface area contributed by atoms with Gasteiger partial charge >= 0.3 is 12.4 Å². The minimum atomic E-state index is -4.94. The Hall–Kier alpha value is -2.55. The second-order valence-corrected chi connectivity index (χ2v) is 6.53. The zero-order valence-corrected chi connectivity index (χ0v) is 15.9. The van der Waals surface area contributed by atoms with Crippen LogP contribution < -0.4 is 5.43 Å². The molecule has 0 spiro atoms. The van der Waals surface area contributed by atoms with Crippen LogP contribution in [-0.2, 0) is 23.7 Å². The van der Waals surface area contributed by atoms with E-state index in [1.807, 2.05) is 0 Å². The lowest BCUT2D eigenvalue weighted by molar-refractivity contribution is -0.143. The quantitative estimate of drug-likeness (QED) is 0.509. The van der Waals surface area contributed by atoms with Crippen LogP contribution in [0.3, 0.4) is 0 Å². The van der Waals surface area contributed by atoms with Gasteiger partial charge < -0.3 is 9.72 Å². The van der Waals surface area contributed by atoms with Gasteiger partial charge in [-0.05, 0) is 38.5 Å². The van der Waals surface area contributed by atoms with Gasteiger partial charge in [-0.15, -0.1) is 0 Å². The molecule has 29 heavy (non-hydrogen) atoms. The first-order valence-corrected chi connectivity index (χ1v) is 8.54. The monoisotopic (exact) mass is 419 g/mol. The van der Waals surface area contributed by atoms with Crippen molar-refractivity contribution in [1.82, 2.24) is 4.98 Å². The van der Waals surface area contributed by atoms with E-state index >= 15 is 0 Å². The molecule has 0 fully saturated rings. The molecule has 0 unspecified atom stereocenters. The molecular formula is C20H19F6NO2. The Morgan fingerprint density at radius 2 is 1.66 bits per heavy atom. The summed E-state index contributed by atoms with van der Waals surface area (Å²) in [6.45, 7) is 4.50. The van der Waals surface area contributed by atoms with Crippen LogP contribution in [0.2, 0.25) is 0 Å². The van der Waals surface area contributed by atoms with E-state index in [0.29, 0.717) is 22.9 Å². The summed E-state index contributed by atoms with van der Waals surface area (Å²) in [6, 6.07) is 1.42. The molecule has 1 aromatic carbocycles. The molecule has 0 aliphatic heterocycles. The first kappa shape index (κ1) is 22.7. The van der Waals surface area contributed by atoms with E-state index in [2.05, 4.69) is 4.98 Å². The van der Waals surface area contributed by atoms with Crippen molar-refractivity contribution < 1.29 is 31.1 Å². The van der Waals surface area contributed by atoms with E-state index in [0.717, 1.165) is 11.8 Å². The van der Waals surface area contributed by atoms with Crippen molar-refractivity contribution >= 4 is 6.08 Å². The summed E-state index contributed by atoms with van der Waals surface area (Å²) in [7, 11) is 0. The summed E-state index contributed by atoms with van der Waals surface area (Å²) >= 11 is 0. The van der Waals surface area contributed by atoms with Crippen LogP contribution in [-0.4, -0.2) is 11.6 Å². The van der Waals surface area contributed by atoms with Gasteiger partial charge in [-0.25, -0.2) is 0 Å². The van der Waals surface area contributed by atoms with Crippen LogP contribution in [0.1, 0.15) is 39.2 Å². The molecule has 1 aromatic heterocycles. The molecule has 0 bridgehead atoms. The zero-order chi connectivity index (χ0) is 22.0. The Labute approximate surface area is 163 Å². The molecule has 0 aliphatic rings. The first-order chi connectivity index (χ1) is 13.3. The normalized spacial score (nSPS) is 12.7. The number of benzene rings is 1. The van der Waals surface area contributed by atoms with Gasteiger partial charge in [0.2, 0.25) is 0 Å². The molecule has 0 aliphatic carbocycles. The summed E-state index contributed by atoms with van der Waals surface area (Å²) in [4.78, 5) is 15.3. The van der Waals surface area contributed by atoms with Crippen molar-refractivity contribution in [3.63, 3.8) is 0 Å². The first-order valence-electron chi connectivity index (χ1n) is 8.54. The second kappa shape index (κ2) is 8.44. The van der Waals surface area contributed by atoms with Crippen LogP contribution in [0.15, 0.2) is 29.1 Å². The lowest BCUT2D eigenvalue weighted by Crippen LogP contribution is -2.14. The van der Waals surface area contributed by atoms with E-state index in [4.69, 9.17) is 4.74 Å². The molecule has 1 N–H and O–H groups in total. The molecule has 9 heteroatoms. The van der Waals surface area contributed by atoms with Crippen LogP contribution >= 0.6 is 0 Å². The van der Waals surface area contributed by atoms with E-state index in [1.54, 1.807) is 20.8 Å². The van der Waals surface area contributed by atoms with E-state index < -0.39 is 35.6 Å². The maximum Gasteiger partial charge on any atom is 0.416 e. The Kier molecular flexibility index (Phi) is 6.62. The average molecular weight is 419 g/mol. The third-order valence-electron chi connectivity index (χ3n) is 4.43. The highest BCUT2D eigenvalue weighted by atomic mass is 19.4. The maximum atomic E-state index is 13.1. The van der Waals surface area contributed by atoms with Gasteiger partial charge in [0, 0.05) is 22.5 Å². The summed E-state index contributed by atoms with van der Waals surface area (Å²) in [6.07, 6.45) is -6.86. The highest BCUT2D eigenvalue weighted by Crippen LogP contribution is 2.37. The fourth-order valence-corrected chi connectivity index (χ4v) is 2.73. The number of aromatic amines is 1. The Bertz CT molecular complexity index is 971. The fraction of sp³-hybridized carbons (Fsp3) is 0.350. The minimum Gasteiger partial charge on any atom is -0.373 e. The maximum absolute atomic E-state index is 13.1. The molecule has 3 nitrogen and oxygen atoms in total. The molecule has 0 saturated heterocycles. The molecule has 0 amide bonds. The molecule has 2 aromatic rings. The lowest BCUT2D eigenvalue weighted by Gasteiger charge is -2.15. The van der Waals surface area contributed by atoms with Crippen molar-refractivity contribution in [2.24, 2.45) is 0 Å². The third kappa shape index (κ3) is 5.50. The van der Waals surface area contributed by atoms with Gasteiger partial charge in [0.1, 0.15) is 0 Å². The highest BCUT2D eigenvalue weighted by molar-refractivity contribution is 5.53. The summed E-state index contributed by atoms with van der Waals surface area (Å²) < 4.78 is 82.5. The lowest BCUT2D eigenvalue weighted by atomic mass is 10.0. The van der Waals surface area contributed by atoms with Crippen LogP contribution in [0.4, 0.5) is 26.3 Å². The van der Waals surface area contributed by atoms with Crippen molar-refractivity contribution in [3.05, 3.63) is 73.7 Å². The Morgan fingerprint density at radius 3 is 2.24 bits per heavy atom. The summed E-state index contributed by atoms with van der Waals surface area (Å²) in [5.41, 5.74) is -1.01. The van der Waals surface area contributed by atoms with Crippen LogP contribution in [0.25, 0.3) is 6.08 Å². The number of aromatic nitrogens is 1. The van der Waals surface area contributed by atoms with Gasteiger partial charge in [-0.2, -0.15) is 26.3 Å². The smallest absolute Gasteiger partial charge is 0.373 e.